The van der Waals surface area contributed by atoms with Crippen LogP contribution in [0.5, 0.6) is 0 Å². The molecule has 2 aliphatic rings. The van der Waals surface area contributed by atoms with Crippen LogP contribution in [0, 0.1) is 13.8 Å². The monoisotopic (exact) mass is 347 g/mol. The van der Waals surface area contributed by atoms with Gasteiger partial charge in [-0.05, 0) is 31.5 Å². The molecule has 0 unspecified atom stereocenters. The third-order valence-electron chi connectivity index (χ3n) is 5.12. The van der Waals surface area contributed by atoms with Crippen molar-refractivity contribution in [1.82, 2.24) is 10.2 Å². The molecule has 2 aliphatic heterocycles. The van der Waals surface area contributed by atoms with Crippen molar-refractivity contribution in [2.45, 2.75) is 19.9 Å². The van der Waals surface area contributed by atoms with Crippen molar-refractivity contribution in [3.63, 3.8) is 0 Å². The van der Waals surface area contributed by atoms with E-state index in [-0.39, 0.29) is 11.9 Å². The third-order valence-corrected chi connectivity index (χ3v) is 5.12. The number of urea groups is 1. The molecule has 1 N–H and O–H groups in total. The predicted molar refractivity (Wildman–Crippen MR) is 101 cm³/mol. The summed E-state index contributed by atoms with van der Waals surface area (Å²) < 4.78 is 0. The molecule has 3 amide bonds. The van der Waals surface area contributed by atoms with E-state index >= 15 is 0 Å². The van der Waals surface area contributed by atoms with Crippen molar-refractivity contribution in [3.8, 4) is 0 Å². The molecule has 0 fully saturated rings. The molecule has 0 saturated heterocycles. The molecule has 0 spiro atoms. The van der Waals surface area contributed by atoms with E-state index < -0.39 is 6.04 Å². The molecule has 0 aromatic heterocycles. The second-order valence-corrected chi connectivity index (χ2v) is 6.94. The average Bonchev–Trinajstić information content (AvgIpc) is 2.97. The van der Waals surface area contributed by atoms with Crippen molar-refractivity contribution >= 4 is 17.6 Å². The van der Waals surface area contributed by atoms with E-state index in [2.05, 4.69) is 5.32 Å². The predicted octanol–water partition coefficient (Wildman–Crippen LogP) is 3.30. The first-order chi connectivity index (χ1) is 12.5. The molecule has 2 aromatic rings. The zero-order valence-electron chi connectivity index (χ0n) is 15.1. The number of rotatable bonds is 2. The van der Waals surface area contributed by atoms with Crippen LogP contribution in [0.1, 0.15) is 22.7 Å². The van der Waals surface area contributed by atoms with E-state index in [1.807, 2.05) is 62.4 Å². The first kappa shape index (κ1) is 16.4. The van der Waals surface area contributed by atoms with Crippen LogP contribution < -0.4 is 10.2 Å². The summed E-state index contributed by atoms with van der Waals surface area (Å²) in [7, 11) is 1.71. The Bertz CT molecular complexity index is 913. The summed E-state index contributed by atoms with van der Waals surface area (Å²) in [5.41, 5.74) is 5.47. The van der Waals surface area contributed by atoms with E-state index in [0.29, 0.717) is 12.1 Å². The van der Waals surface area contributed by atoms with Gasteiger partial charge in [-0.2, -0.15) is 0 Å². The Kier molecular flexibility index (Phi) is 3.80. The minimum absolute atomic E-state index is 0.0544. The van der Waals surface area contributed by atoms with Crippen LogP contribution in [0.15, 0.2) is 59.8 Å². The van der Waals surface area contributed by atoms with Crippen molar-refractivity contribution < 1.29 is 9.59 Å². The molecule has 5 heteroatoms. The molecule has 26 heavy (non-hydrogen) atoms. The zero-order valence-corrected chi connectivity index (χ0v) is 15.1. The zero-order chi connectivity index (χ0) is 18.4. The first-order valence-corrected chi connectivity index (χ1v) is 8.68. The second kappa shape index (κ2) is 6.02. The number of aryl methyl sites for hydroxylation is 2. The van der Waals surface area contributed by atoms with Crippen molar-refractivity contribution in [2.75, 3.05) is 18.5 Å². The summed E-state index contributed by atoms with van der Waals surface area (Å²) in [6.45, 7) is 4.44. The molecule has 0 radical (unpaired) electrons. The lowest BCUT2D eigenvalue weighted by molar-refractivity contribution is -0.114. The van der Waals surface area contributed by atoms with Gasteiger partial charge in [-0.3, -0.25) is 9.69 Å². The van der Waals surface area contributed by atoms with Gasteiger partial charge >= 0.3 is 6.03 Å². The van der Waals surface area contributed by atoms with Gasteiger partial charge in [-0.25, -0.2) is 4.79 Å². The van der Waals surface area contributed by atoms with E-state index in [9.17, 15) is 9.59 Å². The van der Waals surface area contributed by atoms with Gasteiger partial charge in [0.15, 0.2) is 0 Å². The maximum atomic E-state index is 13.2. The lowest BCUT2D eigenvalue weighted by Crippen LogP contribution is -2.45. The van der Waals surface area contributed by atoms with Crippen molar-refractivity contribution in [3.05, 3.63) is 76.5 Å². The molecule has 4 rings (SSSR count). The maximum Gasteiger partial charge on any atom is 0.322 e. The smallest absolute Gasteiger partial charge is 0.322 e. The van der Waals surface area contributed by atoms with Crippen molar-refractivity contribution in [1.29, 1.82) is 0 Å². The van der Waals surface area contributed by atoms with Gasteiger partial charge in [0.25, 0.3) is 5.91 Å². The van der Waals surface area contributed by atoms with Crippen LogP contribution in [0.2, 0.25) is 0 Å². The number of amides is 3. The lowest BCUT2D eigenvalue weighted by Gasteiger charge is -2.31. The summed E-state index contributed by atoms with van der Waals surface area (Å²) in [5.74, 6) is -0.0544. The molecule has 2 heterocycles. The number of carbonyl (C=O) groups is 2. The second-order valence-electron chi connectivity index (χ2n) is 6.94. The standard InChI is InChI=1S/C21H21N3O2/c1-13-4-8-15(9-5-13)19-18-17(23(3)21(26)22-19)12-24(20(18)25)16-10-6-14(2)7-11-16/h4-11,19H,12H2,1-3H3,(H,22,26)/t19-/m0/s1. The van der Waals surface area contributed by atoms with Gasteiger partial charge in [-0.15, -0.1) is 0 Å². The Hall–Kier alpha value is -3.08. The van der Waals surface area contributed by atoms with Crippen LogP contribution in [-0.4, -0.2) is 30.4 Å². The molecule has 0 aliphatic carbocycles. The van der Waals surface area contributed by atoms with E-state index in [0.717, 1.165) is 28.1 Å². The van der Waals surface area contributed by atoms with E-state index in [1.54, 1.807) is 16.8 Å². The number of carbonyl (C=O) groups excluding carboxylic acids is 2. The van der Waals surface area contributed by atoms with E-state index in [4.69, 9.17) is 0 Å². The van der Waals surface area contributed by atoms with Crippen molar-refractivity contribution in [2.24, 2.45) is 0 Å². The van der Waals surface area contributed by atoms with Crippen LogP contribution in [0.25, 0.3) is 0 Å². The SMILES string of the molecule is Cc1ccc([C@@H]2NC(=O)N(C)C3=C2C(=O)N(c2ccc(C)cc2)C3)cc1. The molecule has 5 nitrogen and oxygen atoms in total. The highest BCUT2D eigenvalue weighted by atomic mass is 16.2. The molecule has 132 valence electrons. The summed E-state index contributed by atoms with van der Waals surface area (Å²) >= 11 is 0. The molecular formula is C21H21N3O2. The molecule has 0 saturated carbocycles. The molecule has 2 aromatic carbocycles. The number of nitrogens with zero attached hydrogens (tertiary/aromatic N) is 2. The number of hydrogen-bond acceptors (Lipinski definition) is 2. The molecule has 1 atom stereocenters. The van der Waals surface area contributed by atoms with Gasteiger partial charge in [0.2, 0.25) is 0 Å². The summed E-state index contributed by atoms with van der Waals surface area (Å²) in [6.07, 6.45) is 0. The first-order valence-electron chi connectivity index (χ1n) is 8.68. The molecular weight excluding hydrogens is 326 g/mol. The fraction of sp³-hybridized carbons (Fsp3) is 0.238. The van der Waals surface area contributed by atoms with Gasteiger partial charge < -0.3 is 10.2 Å². The number of anilines is 1. The Morgan fingerprint density at radius 3 is 2.12 bits per heavy atom. The molecule has 0 bridgehead atoms. The van der Waals surface area contributed by atoms with Crippen LogP contribution in [-0.2, 0) is 4.79 Å². The van der Waals surface area contributed by atoms with Crippen LogP contribution in [0.4, 0.5) is 10.5 Å². The maximum absolute atomic E-state index is 13.2. The average molecular weight is 347 g/mol. The van der Waals surface area contributed by atoms with Gasteiger partial charge in [0.1, 0.15) is 0 Å². The van der Waals surface area contributed by atoms with Gasteiger partial charge in [0, 0.05) is 12.7 Å². The van der Waals surface area contributed by atoms with Crippen LogP contribution >= 0.6 is 0 Å². The number of nitrogens with one attached hydrogen (secondary N) is 1. The Morgan fingerprint density at radius 2 is 1.50 bits per heavy atom. The summed E-state index contributed by atoms with van der Waals surface area (Å²) in [5, 5.41) is 2.97. The Labute approximate surface area is 152 Å². The van der Waals surface area contributed by atoms with Gasteiger partial charge in [-0.1, -0.05) is 47.5 Å². The fourth-order valence-corrected chi connectivity index (χ4v) is 3.51. The quantitative estimate of drug-likeness (QED) is 0.906. The highest BCUT2D eigenvalue weighted by molar-refractivity contribution is 6.11. The Balaban J connectivity index is 1.75. The van der Waals surface area contributed by atoms with Crippen LogP contribution in [0.3, 0.4) is 0 Å². The highest BCUT2D eigenvalue weighted by Crippen LogP contribution is 2.37. The summed E-state index contributed by atoms with van der Waals surface area (Å²) in [4.78, 5) is 28.9. The number of hydrogen-bond donors (Lipinski definition) is 1. The lowest BCUT2D eigenvalue weighted by atomic mass is 9.95. The largest absolute Gasteiger partial charge is 0.327 e. The highest BCUT2D eigenvalue weighted by Gasteiger charge is 2.43. The number of likely N-dealkylation sites (N-methyl/N-ethyl adjacent to an activating group) is 1. The van der Waals surface area contributed by atoms with E-state index in [1.165, 1.54) is 0 Å². The minimum Gasteiger partial charge on any atom is -0.327 e. The summed E-state index contributed by atoms with van der Waals surface area (Å²) in [6, 6.07) is 15.2. The third kappa shape index (κ3) is 2.56. The minimum atomic E-state index is -0.419. The normalized spacial score (nSPS) is 19.7. The van der Waals surface area contributed by atoms with Gasteiger partial charge in [0.05, 0.1) is 23.9 Å². The Morgan fingerprint density at radius 1 is 0.923 bits per heavy atom. The fourth-order valence-electron chi connectivity index (χ4n) is 3.51. The topological polar surface area (TPSA) is 52.7 Å². The number of benzene rings is 2.